The topological polar surface area (TPSA) is 12.5 Å². The van der Waals surface area contributed by atoms with Gasteiger partial charge in [-0.25, -0.2) is 0 Å². The molecule has 0 bridgehead atoms. The minimum absolute atomic E-state index is 0.187. The molecule has 146 valence electrons. The Bertz CT molecular complexity index is 876. The third kappa shape index (κ3) is 3.43. The van der Waals surface area contributed by atoms with Gasteiger partial charge in [-0.05, 0) is 48.8 Å². The molecule has 0 saturated carbocycles. The van der Waals surface area contributed by atoms with Gasteiger partial charge >= 0.3 is 7.05 Å². The smallest absolute Gasteiger partial charge is 0.383 e. The van der Waals surface area contributed by atoms with Crippen molar-refractivity contribution in [2.45, 2.75) is 43.6 Å². The lowest BCUT2D eigenvalue weighted by molar-refractivity contribution is 0.105. The first-order valence-corrected chi connectivity index (χ1v) is 11.0. The van der Waals surface area contributed by atoms with Crippen molar-refractivity contribution in [3.63, 3.8) is 0 Å². The highest BCUT2D eigenvalue weighted by molar-refractivity contribution is 6.50. The van der Waals surface area contributed by atoms with Crippen molar-refractivity contribution >= 4 is 7.05 Å². The number of benzene rings is 3. The average molecular weight is 381 g/mol. The van der Waals surface area contributed by atoms with Gasteiger partial charge in [0, 0.05) is 6.04 Å². The molecular weight excluding hydrogens is 353 g/mol. The molecule has 0 radical (unpaired) electrons. The van der Waals surface area contributed by atoms with Crippen LogP contribution >= 0.6 is 0 Å². The third-order valence-corrected chi connectivity index (χ3v) is 6.62. The lowest BCUT2D eigenvalue weighted by Crippen LogP contribution is -2.41. The highest BCUT2D eigenvalue weighted by Crippen LogP contribution is 2.49. The summed E-state index contributed by atoms with van der Waals surface area (Å²) in [5.41, 5.74) is 3.62. The molecule has 5 rings (SSSR count). The first kappa shape index (κ1) is 18.7. The summed E-state index contributed by atoms with van der Waals surface area (Å²) in [6.07, 6.45) is 5.79. The van der Waals surface area contributed by atoms with E-state index in [0.29, 0.717) is 6.04 Å². The molecule has 29 heavy (non-hydrogen) atoms. The summed E-state index contributed by atoms with van der Waals surface area (Å²) in [5.74, 6) is 0. The standard InChI is InChI=1S/C26H28BNO/c1-4-12-22(13-5-1)14-10-20-27-28-21-11-19-25(28)26(29-27,23-15-6-2-7-16-23)24-17-8-3-9-18-24/h1-9,12-13,15-18,25H,10-11,14,19-21H2. The average Bonchev–Trinajstić information content (AvgIpc) is 3.39. The predicted molar refractivity (Wildman–Crippen MR) is 120 cm³/mol. The molecule has 3 heteroatoms. The van der Waals surface area contributed by atoms with Crippen LogP contribution in [0.5, 0.6) is 0 Å². The van der Waals surface area contributed by atoms with Crippen LogP contribution in [-0.2, 0) is 16.7 Å². The van der Waals surface area contributed by atoms with Crippen LogP contribution in [0.2, 0.25) is 6.32 Å². The van der Waals surface area contributed by atoms with Crippen molar-refractivity contribution in [3.05, 3.63) is 108 Å². The number of hydrogen-bond donors (Lipinski definition) is 0. The maximum absolute atomic E-state index is 7.05. The summed E-state index contributed by atoms with van der Waals surface area (Å²) >= 11 is 0. The van der Waals surface area contributed by atoms with Crippen molar-refractivity contribution in [2.75, 3.05) is 6.54 Å². The van der Waals surface area contributed by atoms with E-state index in [0.717, 1.165) is 25.7 Å². The highest BCUT2D eigenvalue weighted by atomic mass is 16.5. The minimum Gasteiger partial charge on any atom is -0.406 e. The van der Waals surface area contributed by atoms with Crippen LogP contribution in [0.25, 0.3) is 0 Å². The maximum Gasteiger partial charge on any atom is 0.383 e. The van der Waals surface area contributed by atoms with Crippen LogP contribution in [0.1, 0.15) is 36.0 Å². The Morgan fingerprint density at radius 2 is 1.41 bits per heavy atom. The molecule has 2 aliphatic heterocycles. The van der Waals surface area contributed by atoms with E-state index in [4.69, 9.17) is 4.65 Å². The summed E-state index contributed by atoms with van der Waals surface area (Å²) in [6.45, 7) is 1.14. The summed E-state index contributed by atoms with van der Waals surface area (Å²) in [4.78, 5) is 2.64. The lowest BCUT2D eigenvalue weighted by Gasteiger charge is -2.36. The van der Waals surface area contributed by atoms with Gasteiger partial charge in [-0.15, -0.1) is 0 Å². The molecule has 1 unspecified atom stereocenters. The largest absolute Gasteiger partial charge is 0.406 e. The SMILES string of the molecule is c1ccc(CCCB2OC(c3ccccc3)(c3ccccc3)C3CCCN23)cc1. The fraction of sp³-hybridized carbons (Fsp3) is 0.308. The summed E-state index contributed by atoms with van der Waals surface area (Å²) in [7, 11) is 0.187. The molecule has 2 nitrogen and oxygen atoms in total. The molecule has 0 N–H and O–H groups in total. The lowest BCUT2D eigenvalue weighted by atomic mass is 9.74. The van der Waals surface area contributed by atoms with E-state index in [-0.39, 0.29) is 12.7 Å². The Labute approximate surface area is 174 Å². The number of hydrogen-bond acceptors (Lipinski definition) is 2. The van der Waals surface area contributed by atoms with E-state index in [2.05, 4.69) is 95.8 Å². The molecule has 3 aromatic rings. The number of rotatable bonds is 6. The zero-order valence-electron chi connectivity index (χ0n) is 16.9. The van der Waals surface area contributed by atoms with E-state index in [1.807, 2.05) is 0 Å². The maximum atomic E-state index is 7.05. The molecule has 3 aromatic carbocycles. The molecule has 0 spiro atoms. The van der Waals surface area contributed by atoms with Crippen LogP contribution < -0.4 is 0 Å². The van der Waals surface area contributed by atoms with Gasteiger partial charge in [-0.2, -0.15) is 0 Å². The number of aryl methyl sites for hydroxylation is 1. The van der Waals surface area contributed by atoms with Crippen LogP contribution in [0, 0.1) is 0 Å². The van der Waals surface area contributed by atoms with Gasteiger partial charge in [0.1, 0.15) is 5.60 Å². The van der Waals surface area contributed by atoms with E-state index >= 15 is 0 Å². The second-order valence-electron chi connectivity index (χ2n) is 8.31. The first-order chi connectivity index (χ1) is 14.4. The van der Waals surface area contributed by atoms with E-state index in [1.165, 1.54) is 29.5 Å². The Morgan fingerprint density at radius 3 is 2.03 bits per heavy atom. The fourth-order valence-corrected chi connectivity index (χ4v) is 5.34. The zero-order chi connectivity index (χ0) is 19.5. The molecule has 2 saturated heterocycles. The molecule has 1 atom stereocenters. The van der Waals surface area contributed by atoms with Crippen LogP contribution in [-0.4, -0.2) is 24.4 Å². The van der Waals surface area contributed by atoms with Gasteiger partial charge in [0.25, 0.3) is 0 Å². The highest BCUT2D eigenvalue weighted by Gasteiger charge is 2.57. The second kappa shape index (κ2) is 8.18. The predicted octanol–water partition coefficient (Wildman–Crippen LogP) is 5.55. The Hall–Kier alpha value is -2.36. The Morgan fingerprint density at radius 1 is 0.828 bits per heavy atom. The summed E-state index contributed by atoms with van der Waals surface area (Å²) in [6, 6.07) is 33.0. The van der Waals surface area contributed by atoms with Crippen molar-refractivity contribution < 1.29 is 4.65 Å². The molecule has 0 aromatic heterocycles. The Kier molecular flexibility index (Phi) is 5.26. The number of fused-ring (bicyclic) bond motifs is 1. The Balaban J connectivity index is 1.44. The van der Waals surface area contributed by atoms with E-state index in [1.54, 1.807) is 0 Å². The van der Waals surface area contributed by atoms with Crippen molar-refractivity contribution in [2.24, 2.45) is 0 Å². The normalized spacial score (nSPS) is 20.7. The second-order valence-corrected chi connectivity index (χ2v) is 8.31. The van der Waals surface area contributed by atoms with Crippen LogP contribution in [0.15, 0.2) is 91.0 Å². The molecule has 2 fully saturated rings. The van der Waals surface area contributed by atoms with Crippen molar-refractivity contribution in [1.82, 2.24) is 4.81 Å². The summed E-state index contributed by atoms with van der Waals surface area (Å²) in [5, 5.41) is 0. The molecule has 2 heterocycles. The van der Waals surface area contributed by atoms with Gasteiger partial charge in [-0.1, -0.05) is 97.4 Å². The van der Waals surface area contributed by atoms with Crippen molar-refractivity contribution in [3.8, 4) is 0 Å². The van der Waals surface area contributed by atoms with Gasteiger partial charge in [0.2, 0.25) is 0 Å². The van der Waals surface area contributed by atoms with Crippen LogP contribution in [0.3, 0.4) is 0 Å². The minimum atomic E-state index is -0.365. The van der Waals surface area contributed by atoms with E-state index in [9.17, 15) is 0 Å². The third-order valence-electron chi connectivity index (χ3n) is 6.62. The molecule has 2 aliphatic rings. The van der Waals surface area contributed by atoms with Gasteiger partial charge < -0.3 is 9.47 Å². The fourth-order valence-electron chi connectivity index (χ4n) is 5.34. The van der Waals surface area contributed by atoms with Gasteiger partial charge in [-0.3, -0.25) is 0 Å². The quantitative estimate of drug-likeness (QED) is 0.520. The molecule has 0 amide bonds. The van der Waals surface area contributed by atoms with Crippen molar-refractivity contribution in [1.29, 1.82) is 0 Å². The molecular formula is C26H28BNO. The van der Waals surface area contributed by atoms with Crippen LogP contribution in [0.4, 0.5) is 0 Å². The number of nitrogens with zero attached hydrogens (tertiary/aromatic N) is 1. The van der Waals surface area contributed by atoms with Gasteiger partial charge in [0.05, 0.1) is 0 Å². The monoisotopic (exact) mass is 381 g/mol. The molecule has 0 aliphatic carbocycles. The first-order valence-electron chi connectivity index (χ1n) is 11.0. The zero-order valence-corrected chi connectivity index (χ0v) is 16.9. The van der Waals surface area contributed by atoms with E-state index < -0.39 is 0 Å². The van der Waals surface area contributed by atoms with Gasteiger partial charge in [0.15, 0.2) is 0 Å². The summed E-state index contributed by atoms with van der Waals surface area (Å²) < 4.78 is 7.05.